The Morgan fingerprint density at radius 3 is 2.62 bits per heavy atom. The van der Waals surface area contributed by atoms with Crippen LogP contribution in [0.5, 0.6) is 0 Å². The molecule has 0 spiro atoms. The molecule has 0 aromatic rings. The van der Waals surface area contributed by atoms with Gasteiger partial charge in [-0.15, -0.1) is 0 Å². The molecule has 0 saturated heterocycles. The van der Waals surface area contributed by atoms with Crippen LogP contribution in [0.15, 0.2) is 0 Å². The van der Waals surface area contributed by atoms with Crippen LogP contribution in [0.25, 0.3) is 0 Å². The van der Waals surface area contributed by atoms with Crippen molar-refractivity contribution in [2.45, 2.75) is 90.3 Å². The molecule has 1 aliphatic rings. The standard InChI is InChI=1S/C18H35N3/c1-15(2)20-18(4,14-19)11-6-7-12-21(5)17-10-8-9-16(3)13-17/h15-17,20H,6-13H2,1-5H3. The number of hydrogen-bond donors (Lipinski definition) is 1. The molecule has 0 aromatic carbocycles. The smallest absolute Gasteiger partial charge is 0.104 e. The summed E-state index contributed by atoms with van der Waals surface area (Å²) >= 11 is 0. The maximum Gasteiger partial charge on any atom is 0.104 e. The van der Waals surface area contributed by atoms with Gasteiger partial charge in [0.15, 0.2) is 0 Å². The molecule has 1 aliphatic carbocycles. The summed E-state index contributed by atoms with van der Waals surface area (Å²) in [5.41, 5.74) is -0.369. The normalized spacial score (nSPS) is 25.8. The van der Waals surface area contributed by atoms with E-state index in [9.17, 15) is 5.26 Å². The lowest BCUT2D eigenvalue weighted by atomic mass is 9.86. The maximum absolute atomic E-state index is 9.35. The number of unbranched alkanes of at least 4 members (excludes halogenated alkanes) is 1. The molecule has 3 nitrogen and oxygen atoms in total. The molecule has 3 atom stereocenters. The molecule has 3 unspecified atom stereocenters. The van der Waals surface area contributed by atoms with Crippen molar-refractivity contribution in [2.75, 3.05) is 13.6 Å². The average molecular weight is 293 g/mol. The first-order chi connectivity index (χ1) is 9.86. The van der Waals surface area contributed by atoms with E-state index < -0.39 is 0 Å². The summed E-state index contributed by atoms with van der Waals surface area (Å²) in [5.74, 6) is 0.892. The van der Waals surface area contributed by atoms with E-state index in [0.717, 1.165) is 24.8 Å². The van der Waals surface area contributed by atoms with E-state index in [1.54, 1.807) is 0 Å². The summed E-state index contributed by atoms with van der Waals surface area (Å²) in [7, 11) is 2.28. The number of rotatable bonds is 8. The highest BCUT2D eigenvalue weighted by Crippen LogP contribution is 2.27. The minimum Gasteiger partial charge on any atom is -0.303 e. The summed E-state index contributed by atoms with van der Waals surface area (Å²) in [4.78, 5) is 2.55. The summed E-state index contributed by atoms with van der Waals surface area (Å²) in [6.45, 7) is 9.79. The van der Waals surface area contributed by atoms with Gasteiger partial charge < -0.3 is 4.90 Å². The molecule has 1 saturated carbocycles. The fourth-order valence-electron chi connectivity index (χ4n) is 3.62. The number of nitrogens with zero attached hydrogens (tertiary/aromatic N) is 2. The van der Waals surface area contributed by atoms with Gasteiger partial charge in [0, 0.05) is 12.1 Å². The van der Waals surface area contributed by atoms with Crippen LogP contribution in [-0.2, 0) is 0 Å². The van der Waals surface area contributed by atoms with Gasteiger partial charge in [0.1, 0.15) is 5.54 Å². The van der Waals surface area contributed by atoms with Crippen molar-refractivity contribution in [3.05, 3.63) is 0 Å². The lowest BCUT2D eigenvalue weighted by Gasteiger charge is -2.34. The minimum absolute atomic E-state index is 0.362. The Kier molecular flexibility index (Phi) is 7.70. The van der Waals surface area contributed by atoms with Crippen LogP contribution in [-0.4, -0.2) is 36.1 Å². The second kappa shape index (κ2) is 8.76. The predicted molar refractivity (Wildman–Crippen MR) is 90.2 cm³/mol. The van der Waals surface area contributed by atoms with Crippen molar-refractivity contribution < 1.29 is 0 Å². The van der Waals surface area contributed by atoms with E-state index in [-0.39, 0.29) is 5.54 Å². The van der Waals surface area contributed by atoms with Crippen LogP contribution in [0.2, 0.25) is 0 Å². The Bertz CT molecular complexity index is 334. The number of hydrogen-bond acceptors (Lipinski definition) is 3. The largest absolute Gasteiger partial charge is 0.303 e. The Hall–Kier alpha value is -0.590. The second-order valence-corrected chi connectivity index (χ2v) is 7.61. The summed E-state index contributed by atoms with van der Waals surface area (Å²) in [6, 6.07) is 3.59. The highest BCUT2D eigenvalue weighted by atomic mass is 15.1. The van der Waals surface area contributed by atoms with Gasteiger partial charge in [0.05, 0.1) is 6.07 Å². The number of nitriles is 1. The lowest BCUT2D eigenvalue weighted by molar-refractivity contribution is 0.160. The molecule has 1 rings (SSSR count). The van der Waals surface area contributed by atoms with Gasteiger partial charge in [0.25, 0.3) is 0 Å². The topological polar surface area (TPSA) is 39.1 Å². The zero-order valence-corrected chi connectivity index (χ0v) is 14.8. The van der Waals surface area contributed by atoms with Gasteiger partial charge in [0.2, 0.25) is 0 Å². The predicted octanol–water partition coefficient (Wildman–Crippen LogP) is 3.95. The molecule has 3 heteroatoms. The molecule has 1 N–H and O–H groups in total. The molecule has 0 amide bonds. The van der Waals surface area contributed by atoms with Gasteiger partial charge in [-0.25, -0.2) is 0 Å². The Morgan fingerprint density at radius 1 is 1.33 bits per heavy atom. The van der Waals surface area contributed by atoms with Crippen molar-refractivity contribution in [1.82, 2.24) is 10.2 Å². The van der Waals surface area contributed by atoms with E-state index >= 15 is 0 Å². The SMILES string of the molecule is CC1CCCC(N(C)CCCCC(C)(C#N)NC(C)C)C1. The third-order valence-electron chi connectivity index (χ3n) is 4.82. The van der Waals surface area contributed by atoms with Crippen molar-refractivity contribution in [3.63, 3.8) is 0 Å². The summed E-state index contributed by atoms with van der Waals surface area (Å²) < 4.78 is 0. The minimum atomic E-state index is -0.369. The van der Waals surface area contributed by atoms with Crippen molar-refractivity contribution in [3.8, 4) is 6.07 Å². The molecular formula is C18H35N3. The van der Waals surface area contributed by atoms with Crippen molar-refractivity contribution in [2.24, 2.45) is 5.92 Å². The fourth-order valence-corrected chi connectivity index (χ4v) is 3.62. The molecule has 0 aromatic heterocycles. The van der Waals surface area contributed by atoms with E-state index in [0.29, 0.717) is 6.04 Å². The second-order valence-electron chi connectivity index (χ2n) is 7.61. The average Bonchev–Trinajstić information content (AvgIpc) is 2.42. The van der Waals surface area contributed by atoms with Gasteiger partial charge in [-0.05, 0) is 72.4 Å². The Morgan fingerprint density at radius 2 is 2.05 bits per heavy atom. The lowest BCUT2D eigenvalue weighted by Crippen LogP contribution is -2.45. The monoisotopic (exact) mass is 293 g/mol. The van der Waals surface area contributed by atoms with Crippen LogP contribution in [0.4, 0.5) is 0 Å². The number of nitrogens with one attached hydrogen (secondary N) is 1. The zero-order valence-electron chi connectivity index (χ0n) is 14.8. The molecule has 0 bridgehead atoms. The Balaban J connectivity index is 2.25. The van der Waals surface area contributed by atoms with E-state index in [1.165, 1.54) is 38.6 Å². The van der Waals surface area contributed by atoms with Crippen LogP contribution in [0, 0.1) is 17.2 Å². The van der Waals surface area contributed by atoms with Gasteiger partial charge >= 0.3 is 0 Å². The highest BCUT2D eigenvalue weighted by molar-refractivity contribution is 5.04. The van der Waals surface area contributed by atoms with Crippen LogP contribution in [0.3, 0.4) is 0 Å². The van der Waals surface area contributed by atoms with Crippen molar-refractivity contribution in [1.29, 1.82) is 5.26 Å². The first-order valence-electron chi connectivity index (χ1n) is 8.75. The quantitative estimate of drug-likeness (QED) is 0.689. The third-order valence-corrected chi connectivity index (χ3v) is 4.82. The van der Waals surface area contributed by atoms with Crippen molar-refractivity contribution >= 4 is 0 Å². The van der Waals surface area contributed by atoms with Crippen LogP contribution < -0.4 is 5.32 Å². The van der Waals surface area contributed by atoms with E-state index in [4.69, 9.17) is 0 Å². The van der Waals surface area contributed by atoms with Gasteiger partial charge in [-0.1, -0.05) is 19.8 Å². The molecule has 21 heavy (non-hydrogen) atoms. The molecule has 0 radical (unpaired) electrons. The molecule has 122 valence electrons. The van der Waals surface area contributed by atoms with Crippen LogP contribution >= 0.6 is 0 Å². The molecule has 1 fully saturated rings. The highest BCUT2D eigenvalue weighted by Gasteiger charge is 2.24. The zero-order chi connectivity index (χ0) is 15.9. The first kappa shape index (κ1) is 18.5. The van der Waals surface area contributed by atoms with Crippen LogP contribution in [0.1, 0.15) is 72.6 Å². The third kappa shape index (κ3) is 6.80. The fraction of sp³-hybridized carbons (Fsp3) is 0.944. The van der Waals surface area contributed by atoms with E-state index in [1.807, 2.05) is 6.92 Å². The first-order valence-corrected chi connectivity index (χ1v) is 8.75. The molecular weight excluding hydrogens is 258 g/mol. The van der Waals surface area contributed by atoms with Gasteiger partial charge in [-0.3, -0.25) is 5.32 Å². The van der Waals surface area contributed by atoms with E-state index in [2.05, 4.69) is 44.1 Å². The molecule has 0 aliphatic heterocycles. The summed E-state index contributed by atoms with van der Waals surface area (Å²) in [6.07, 6.45) is 8.78. The van der Waals surface area contributed by atoms with Gasteiger partial charge in [-0.2, -0.15) is 5.26 Å². The maximum atomic E-state index is 9.35. The Labute approximate surface area is 132 Å². The summed E-state index contributed by atoms with van der Waals surface area (Å²) in [5, 5.41) is 12.7. The molecule has 0 heterocycles.